The van der Waals surface area contributed by atoms with Gasteiger partial charge in [0.2, 0.25) is 0 Å². The van der Waals surface area contributed by atoms with Crippen molar-refractivity contribution < 1.29 is 35.3 Å². The molecular formula is C11H16F3NO5S. The minimum Gasteiger partial charge on any atom is -0.446 e. The van der Waals surface area contributed by atoms with Gasteiger partial charge in [-0.2, -0.15) is 21.6 Å². The van der Waals surface area contributed by atoms with Crippen molar-refractivity contribution in [3.8, 4) is 0 Å². The smallest absolute Gasteiger partial charge is 0.446 e. The Hall–Kier alpha value is -1.29. The highest BCUT2D eigenvalue weighted by atomic mass is 32.2. The minimum atomic E-state index is -5.71. The van der Waals surface area contributed by atoms with Crippen molar-refractivity contribution in [3.05, 3.63) is 11.8 Å². The van der Waals surface area contributed by atoms with Gasteiger partial charge in [0, 0.05) is 6.54 Å². The Morgan fingerprint density at radius 3 is 2.38 bits per heavy atom. The lowest BCUT2D eigenvalue weighted by Crippen LogP contribution is -2.40. The molecular weight excluding hydrogens is 315 g/mol. The van der Waals surface area contributed by atoms with Crippen LogP contribution in [-0.4, -0.2) is 32.7 Å². The number of alkyl halides is 3. The van der Waals surface area contributed by atoms with Crippen LogP contribution in [0.3, 0.4) is 0 Å². The van der Waals surface area contributed by atoms with E-state index in [2.05, 4.69) is 9.50 Å². The van der Waals surface area contributed by atoms with E-state index >= 15 is 0 Å². The second-order valence-corrected chi connectivity index (χ2v) is 6.95. The number of carbonyl (C=O) groups is 1. The SMILES string of the molecule is CC(C)(C)C(=O)OC1CC(OS(=O)(=O)C(F)(F)F)=CCN1. The molecule has 1 rings (SSSR count). The van der Waals surface area contributed by atoms with Gasteiger partial charge in [-0.25, -0.2) is 0 Å². The van der Waals surface area contributed by atoms with Gasteiger partial charge >= 0.3 is 21.6 Å². The van der Waals surface area contributed by atoms with E-state index in [1.165, 1.54) is 0 Å². The van der Waals surface area contributed by atoms with Gasteiger partial charge in [0.25, 0.3) is 0 Å². The van der Waals surface area contributed by atoms with Crippen LogP contribution in [0.15, 0.2) is 11.8 Å². The van der Waals surface area contributed by atoms with E-state index in [9.17, 15) is 26.4 Å². The van der Waals surface area contributed by atoms with Crippen LogP contribution in [0, 0.1) is 5.41 Å². The number of esters is 1. The first-order valence-electron chi connectivity index (χ1n) is 5.97. The Kier molecular flexibility index (Phi) is 4.94. The summed E-state index contributed by atoms with van der Waals surface area (Å²) in [5.41, 5.74) is -6.29. The molecule has 21 heavy (non-hydrogen) atoms. The van der Waals surface area contributed by atoms with E-state index < -0.39 is 39.0 Å². The number of hydrogen-bond donors (Lipinski definition) is 1. The Labute approximate surface area is 120 Å². The number of rotatable bonds is 3. The molecule has 0 amide bonds. The molecule has 0 fully saturated rings. The molecule has 10 heteroatoms. The fourth-order valence-corrected chi connectivity index (χ4v) is 1.80. The molecule has 0 aromatic carbocycles. The molecule has 1 unspecified atom stereocenters. The lowest BCUT2D eigenvalue weighted by molar-refractivity contribution is -0.160. The Balaban J connectivity index is 2.70. The highest BCUT2D eigenvalue weighted by Crippen LogP contribution is 2.28. The molecule has 1 N–H and O–H groups in total. The summed E-state index contributed by atoms with van der Waals surface area (Å²) in [5, 5.41) is 2.70. The number of nitrogens with one attached hydrogen (secondary N) is 1. The second kappa shape index (κ2) is 5.84. The number of ether oxygens (including phenoxy) is 1. The van der Waals surface area contributed by atoms with E-state index in [-0.39, 0.29) is 13.0 Å². The Morgan fingerprint density at radius 2 is 1.90 bits per heavy atom. The average Bonchev–Trinajstić information content (AvgIpc) is 2.25. The molecule has 0 spiro atoms. The van der Waals surface area contributed by atoms with Gasteiger partial charge in [-0.3, -0.25) is 10.1 Å². The molecule has 6 nitrogen and oxygen atoms in total. The van der Waals surface area contributed by atoms with Crippen molar-refractivity contribution in [1.29, 1.82) is 0 Å². The molecule has 0 aromatic heterocycles. The van der Waals surface area contributed by atoms with E-state index in [4.69, 9.17) is 4.74 Å². The summed E-state index contributed by atoms with van der Waals surface area (Å²) in [7, 11) is -5.71. The predicted molar refractivity (Wildman–Crippen MR) is 66.1 cm³/mol. The average molecular weight is 331 g/mol. The van der Waals surface area contributed by atoms with Gasteiger partial charge in [-0.1, -0.05) is 0 Å². The minimum absolute atomic E-state index is 0.0187. The lowest BCUT2D eigenvalue weighted by Gasteiger charge is -2.27. The Morgan fingerprint density at radius 1 is 1.33 bits per heavy atom. The molecule has 1 heterocycles. The van der Waals surface area contributed by atoms with Crippen LogP contribution in [-0.2, 0) is 23.8 Å². The maximum atomic E-state index is 12.2. The second-order valence-electron chi connectivity index (χ2n) is 5.41. The van der Waals surface area contributed by atoms with Crippen molar-refractivity contribution in [1.82, 2.24) is 5.32 Å². The number of halogens is 3. The zero-order valence-electron chi connectivity index (χ0n) is 11.7. The third kappa shape index (κ3) is 4.88. The van der Waals surface area contributed by atoms with Crippen LogP contribution in [0.4, 0.5) is 13.2 Å². The third-order valence-electron chi connectivity index (χ3n) is 2.42. The van der Waals surface area contributed by atoms with Gasteiger partial charge < -0.3 is 8.92 Å². The summed E-state index contributed by atoms with van der Waals surface area (Å²) in [4.78, 5) is 11.7. The first-order chi connectivity index (χ1) is 9.33. The van der Waals surface area contributed by atoms with Gasteiger partial charge in [0.1, 0.15) is 5.76 Å². The normalized spacial score (nSPS) is 20.7. The standard InChI is InChI=1S/C11H16F3NO5S/c1-10(2,3)9(16)19-8-6-7(4-5-15-8)20-21(17,18)11(12,13)14/h4,8,15H,5-6H2,1-3H3. The van der Waals surface area contributed by atoms with Crippen LogP contribution >= 0.6 is 0 Å². The van der Waals surface area contributed by atoms with Crippen molar-refractivity contribution in [3.63, 3.8) is 0 Å². The first-order valence-corrected chi connectivity index (χ1v) is 7.38. The highest BCUT2D eigenvalue weighted by Gasteiger charge is 2.49. The van der Waals surface area contributed by atoms with E-state index in [1.54, 1.807) is 20.8 Å². The molecule has 0 bridgehead atoms. The van der Waals surface area contributed by atoms with Gasteiger partial charge in [-0.05, 0) is 26.8 Å². The maximum absolute atomic E-state index is 12.2. The molecule has 0 aromatic rings. The van der Waals surface area contributed by atoms with E-state index in [0.29, 0.717) is 0 Å². The topological polar surface area (TPSA) is 81.7 Å². The monoisotopic (exact) mass is 331 g/mol. The van der Waals surface area contributed by atoms with Gasteiger partial charge in [-0.15, -0.1) is 0 Å². The number of carbonyl (C=O) groups excluding carboxylic acids is 1. The van der Waals surface area contributed by atoms with Crippen molar-refractivity contribution in [2.75, 3.05) is 6.54 Å². The molecule has 122 valence electrons. The van der Waals surface area contributed by atoms with Crippen LogP contribution in [0.1, 0.15) is 27.2 Å². The summed E-state index contributed by atoms with van der Waals surface area (Å²) < 4.78 is 67.5. The molecule has 0 radical (unpaired) electrons. The van der Waals surface area contributed by atoms with Gasteiger partial charge in [0.05, 0.1) is 11.8 Å². The van der Waals surface area contributed by atoms with E-state index in [1.807, 2.05) is 0 Å². The van der Waals surface area contributed by atoms with Gasteiger partial charge in [0.15, 0.2) is 6.23 Å². The van der Waals surface area contributed by atoms with Crippen molar-refractivity contribution in [2.45, 2.75) is 38.9 Å². The fraction of sp³-hybridized carbons (Fsp3) is 0.727. The summed E-state index contributed by atoms with van der Waals surface area (Å²) in [6.45, 7) is 4.85. The largest absolute Gasteiger partial charge is 0.534 e. The summed E-state index contributed by atoms with van der Waals surface area (Å²) >= 11 is 0. The zero-order chi connectivity index (χ0) is 16.5. The molecule has 0 saturated heterocycles. The predicted octanol–water partition coefficient (Wildman–Crippen LogP) is 1.65. The van der Waals surface area contributed by atoms with Crippen LogP contribution in [0.25, 0.3) is 0 Å². The molecule has 0 saturated carbocycles. The first kappa shape index (κ1) is 17.8. The van der Waals surface area contributed by atoms with Crippen LogP contribution in [0.5, 0.6) is 0 Å². The van der Waals surface area contributed by atoms with E-state index in [0.717, 1.165) is 6.08 Å². The molecule has 0 aliphatic carbocycles. The third-order valence-corrected chi connectivity index (χ3v) is 3.42. The summed E-state index contributed by atoms with van der Waals surface area (Å²) in [6.07, 6.45) is -0.109. The fourth-order valence-electron chi connectivity index (χ4n) is 1.29. The number of hydrogen-bond acceptors (Lipinski definition) is 6. The zero-order valence-corrected chi connectivity index (χ0v) is 12.5. The lowest BCUT2D eigenvalue weighted by atomic mass is 9.97. The Bertz CT molecular complexity index is 533. The molecule has 1 atom stereocenters. The van der Waals surface area contributed by atoms with Crippen LogP contribution < -0.4 is 5.32 Å². The van der Waals surface area contributed by atoms with Crippen molar-refractivity contribution >= 4 is 16.1 Å². The van der Waals surface area contributed by atoms with Crippen molar-refractivity contribution in [2.24, 2.45) is 5.41 Å². The summed E-state index contributed by atoms with van der Waals surface area (Å²) in [5.74, 6) is -0.988. The summed E-state index contributed by atoms with van der Waals surface area (Å²) in [6, 6.07) is 0. The highest BCUT2D eigenvalue weighted by molar-refractivity contribution is 7.87. The quantitative estimate of drug-likeness (QED) is 0.481. The molecule has 1 aliphatic rings. The van der Waals surface area contributed by atoms with Crippen LogP contribution in [0.2, 0.25) is 0 Å². The molecule has 1 aliphatic heterocycles. The maximum Gasteiger partial charge on any atom is 0.534 e.